The third-order valence-corrected chi connectivity index (χ3v) is 5.51. The number of rotatable bonds is 7. The van der Waals surface area contributed by atoms with Crippen LogP contribution >= 0.6 is 0 Å². The third-order valence-electron chi connectivity index (χ3n) is 5.51. The van der Waals surface area contributed by atoms with Crippen LogP contribution in [0.4, 0.5) is 0 Å². The lowest BCUT2D eigenvalue weighted by atomic mass is 10.1. The van der Waals surface area contributed by atoms with Crippen molar-refractivity contribution in [3.05, 3.63) is 71.4 Å². The fourth-order valence-electron chi connectivity index (χ4n) is 3.86. The Labute approximate surface area is 183 Å². The van der Waals surface area contributed by atoms with E-state index in [4.69, 9.17) is 14.6 Å². The van der Waals surface area contributed by atoms with Crippen molar-refractivity contribution in [1.82, 2.24) is 14.7 Å². The summed E-state index contributed by atoms with van der Waals surface area (Å²) in [6.07, 6.45) is 1.79. The molecular weight excluding hydrogens is 390 g/mol. The quantitative estimate of drug-likeness (QED) is 0.572. The van der Waals surface area contributed by atoms with Crippen LogP contribution in [0, 0.1) is 6.92 Å². The zero-order chi connectivity index (χ0) is 21.6. The van der Waals surface area contributed by atoms with Crippen molar-refractivity contribution in [3.63, 3.8) is 0 Å². The Morgan fingerprint density at radius 2 is 1.87 bits per heavy atom. The van der Waals surface area contributed by atoms with Crippen molar-refractivity contribution in [2.24, 2.45) is 0 Å². The van der Waals surface area contributed by atoms with Crippen LogP contribution in [0.15, 0.2) is 54.6 Å². The van der Waals surface area contributed by atoms with Crippen molar-refractivity contribution >= 4 is 5.91 Å². The Morgan fingerprint density at radius 3 is 2.58 bits per heavy atom. The fraction of sp³-hybridized carbons (Fsp3) is 0.360. The highest BCUT2D eigenvalue weighted by Gasteiger charge is 2.23. The molecule has 0 radical (unpaired) electrons. The number of benzene rings is 2. The lowest BCUT2D eigenvalue weighted by Gasteiger charge is -2.26. The van der Waals surface area contributed by atoms with Gasteiger partial charge in [-0.1, -0.05) is 37.3 Å². The van der Waals surface area contributed by atoms with E-state index in [-0.39, 0.29) is 5.91 Å². The molecule has 1 aromatic heterocycles. The Balaban J connectivity index is 1.66. The van der Waals surface area contributed by atoms with Crippen LogP contribution in [0.3, 0.4) is 0 Å². The molecule has 2 aromatic carbocycles. The second-order valence-electron chi connectivity index (χ2n) is 7.74. The molecule has 1 aliphatic heterocycles. The van der Waals surface area contributed by atoms with E-state index in [0.717, 1.165) is 34.7 Å². The Bertz CT molecular complexity index is 1020. The molecule has 1 fully saturated rings. The minimum Gasteiger partial charge on any atom is -0.439 e. The van der Waals surface area contributed by atoms with Gasteiger partial charge in [-0.05, 0) is 49.6 Å². The number of aryl methyl sites for hydroxylation is 2. The fourth-order valence-corrected chi connectivity index (χ4v) is 3.86. The van der Waals surface area contributed by atoms with Gasteiger partial charge in [0.15, 0.2) is 0 Å². The molecule has 0 atom stereocenters. The van der Waals surface area contributed by atoms with Gasteiger partial charge in [0.2, 0.25) is 11.8 Å². The van der Waals surface area contributed by atoms with Gasteiger partial charge in [-0.2, -0.15) is 5.10 Å². The van der Waals surface area contributed by atoms with Gasteiger partial charge in [0.25, 0.3) is 0 Å². The number of ether oxygens (including phenoxy) is 2. The van der Waals surface area contributed by atoms with Crippen molar-refractivity contribution in [3.8, 4) is 17.3 Å². The maximum absolute atomic E-state index is 12.8. The summed E-state index contributed by atoms with van der Waals surface area (Å²) in [6.45, 7) is 6.67. The minimum atomic E-state index is 0.152. The number of para-hydroxylation sites is 1. The van der Waals surface area contributed by atoms with E-state index < -0.39 is 0 Å². The number of hydrogen-bond acceptors (Lipinski definition) is 4. The van der Waals surface area contributed by atoms with E-state index in [2.05, 4.69) is 6.92 Å². The number of carbonyl (C=O) groups excluding carboxylic acids is 1. The van der Waals surface area contributed by atoms with Gasteiger partial charge in [-0.3, -0.25) is 4.79 Å². The van der Waals surface area contributed by atoms with Crippen molar-refractivity contribution in [2.45, 2.75) is 33.1 Å². The maximum atomic E-state index is 12.8. The molecule has 0 aliphatic carbocycles. The zero-order valence-electron chi connectivity index (χ0n) is 18.2. The first kappa shape index (κ1) is 21.1. The van der Waals surface area contributed by atoms with Gasteiger partial charge in [-0.15, -0.1) is 0 Å². The number of amides is 1. The molecule has 1 saturated heterocycles. The first-order valence-corrected chi connectivity index (χ1v) is 10.9. The SMILES string of the molecule is CCc1nn(-c2ccccc2)c(Oc2cccc(C)c2)c1CCC(=O)N1CCOCC1. The average molecular weight is 420 g/mol. The molecule has 4 rings (SSSR count). The molecule has 0 saturated carbocycles. The summed E-state index contributed by atoms with van der Waals surface area (Å²) in [5.74, 6) is 1.60. The van der Waals surface area contributed by atoms with Gasteiger partial charge >= 0.3 is 0 Å². The van der Waals surface area contributed by atoms with Crippen LogP contribution in [0.5, 0.6) is 11.6 Å². The lowest BCUT2D eigenvalue weighted by molar-refractivity contribution is -0.135. The summed E-state index contributed by atoms with van der Waals surface area (Å²) in [5, 5.41) is 4.85. The van der Waals surface area contributed by atoms with E-state index in [1.54, 1.807) is 0 Å². The number of nitrogens with zero attached hydrogens (tertiary/aromatic N) is 3. The molecule has 0 bridgehead atoms. The summed E-state index contributed by atoms with van der Waals surface area (Å²) in [6, 6.07) is 18.0. The highest BCUT2D eigenvalue weighted by molar-refractivity contribution is 5.76. The summed E-state index contributed by atoms with van der Waals surface area (Å²) < 4.78 is 13.6. The van der Waals surface area contributed by atoms with Gasteiger partial charge in [0, 0.05) is 25.1 Å². The van der Waals surface area contributed by atoms with Crippen LogP contribution < -0.4 is 4.74 Å². The molecule has 2 heterocycles. The van der Waals surface area contributed by atoms with E-state index in [9.17, 15) is 4.79 Å². The Morgan fingerprint density at radius 1 is 1.10 bits per heavy atom. The molecule has 0 N–H and O–H groups in total. The molecular formula is C25H29N3O3. The van der Waals surface area contributed by atoms with E-state index in [1.165, 1.54) is 0 Å². The largest absolute Gasteiger partial charge is 0.439 e. The maximum Gasteiger partial charge on any atom is 0.226 e. The van der Waals surface area contributed by atoms with E-state index in [0.29, 0.717) is 45.0 Å². The van der Waals surface area contributed by atoms with Crippen molar-refractivity contribution < 1.29 is 14.3 Å². The summed E-state index contributed by atoms with van der Waals surface area (Å²) >= 11 is 0. The van der Waals surface area contributed by atoms with Crippen LogP contribution in [0.1, 0.15) is 30.2 Å². The first-order valence-electron chi connectivity index (χ1n) is 10.9. The number of carbonyl (C=O) groups is 1. The topological polar surface area (TPSA) is 56.6 Å². The van der Waals surface area contributed by atoms with Gasteiger partial charge < -0.3 is 14.4 Å². The van der Waals surface area contributed by atoms with Gasteiger partial charge in [0.1, 0.15) is 5.75 Å². The zero-order valence-corrected chi connectivity index (χ0v) is 18.2. The molecule has 162 valence electrons. The van der Waals surface area contributed by atoms with E-state index >= 15 is 0 Å². The predicted molar refractivity (Wildman–Crippen MR) is 120 cm³/mol. The van der Waals surface area contributed by atoms with E-state index in [1.807, 2.05) is 71.1 Å². The van der Waals surface area contributed by atoms with Crippen LogP contribution in [0.2, 0.25) is 0 Å². The standard InChI is InChI=1S/C25H29N3O3/c1-3-23-22(12-13-24(29)27-14-16-30-17-15-27)25(31-21-11-7-8-19(2)18-21)28(26-23)20-9-5-4-6-10-20/h4-11,18H,3,12-17H2,1-2H3. The van der Waals surface area contributed by atoms with Gasteiger partial charge in [-0.25, -0.2) is 4.68 Å². The molecule has 1 aliphatic rings. The average Bonchev–Trinajstić information content (AvgIpc) is 3.15. The minimum absolute atomic E-state index is 0.152. The highest BCUT2D eigenvalue weighted by Crippen LogP contribution is 2.32. The molecule has 1 amide bonds. The highest BCUT2D eigenvalue weighted by atomic mass is 16.5. The number of aromatic nitrogens is 2. The van der Waals surface area contributed by atoms with Crippen LogP contribution in [-0.2, 0) is 22.4 Å². The summed E-state index contributed by atoms with van der Waals surface area (Å²) in [7, 11) is 0. The summed E-state index contributed by atoms with van der Waals surface area (Å²) in [4.78, 5) is 14.7. The molecule has 6 nitrogen and oxygen atoms in total. The normalized spacial score (nSPS) is 13.9. The molecule has 0 spiro atoms. The third kappa shape index (κ3) is 4.97. The van der Waals surface area contributed by atoms with Crippen LogP contribution in [0.25, 0.3) is 5.69 Å². The van der Waals surface area contributed by atoms with Crippen molar-refractivity contribution in [2.75, 3.05) is 26.3 Å². The van der Waals surface area contributed by atoms with Crippen LogP contribution in [-0.4, -0.2) is 46.9 Å². The van der Waals surface area contributed by atoms with Crippen molar-refractivity contribution in [1.29, 1.82) is 0 Å². The van der Waals surface area contributed by atoms with Gasteiger partial charge in [0.05, 0.1) is 24.6 Å². The predicted octanol–water partition coefficient (Wildman–Crippen LogP) is 4.33. The molecule has 31 heavy (non-hydrogen) atoms. The molecule has 0 unspecified atom stereocenters. The second-order valence-corrected chi connectivity index (χ2v) is 7.74. The lowest BCUT2D eigenvalue weighted by Crippen LogP contribution is -2.40. The number of morpholine rings is 1. The monoisotopic (exact) mass is 419 g/mol. The smallest absolute Gasteiger partial charge is 0.226 e. The summed E-state index contributed by atoms with van der Waals surface area (Å²) in [5.41, 5.74) is 4.02. The second kappa shape index (κ2) is 9.79. The number of hydrogen-bond donors (Lipinski definition) is 0. The molecule has 6 heteroatoms. The Hall–Kier alpha value is -3.12. The first-order chi connectivity index (χ1) is 15.2. The molecule has 3 aromatic rings. The Kier molecular flexibility index (Phi) is 6.67.